The van der Waals surface area contributed by atoms with Crippen molar-refractivity contribution in [1.82, 2.24) is 24.9 Å². The number of hydrogen-bond donors (Lipinski definition) is 1. The molecule has 1 unspecified atom stereocenters. The summed E-state index contributed by atoms with van der Waals surface area (Å²) in [6, 6.07) is 3.78. The van der Waals surface area contributed by atoms with Crippen molar-refractivity contribution in [2.24, 2.45) is 17.8 Å². The Morgan fingerprint density at radius 1 is 1.16 bits per heavy atom. The first kappa shape index (κ1) is 17.6. The Balaban J connectivity index is 1.41. The lowest BCUT2D eigenvalue weighted by atomic mass is 9.95. The van der Waals surface area contributed by atoms with Gasteiger partial charge in [-0.05, 0) is 67.6 Å². The Labute approximate surface area is 178 Å². The van der Waals surface area contributed by atoms with Gasteiger partial charge in [-0.3, -0.25) is 9.78 Å². The first-order valence-electron chi connectivity index (χ1n) is 11.2. The summed E-state index contributed by atoms with van der Waals surface area (Å²) in [5, 5.41) is 7.57. The summed E-state index contributed by atoms with van der Waals surface area (Å²) in [6.07, 6.45) is 9.76. The van der Waals surface area contributed by atoms with Gasteiger partial charge in [0.1, 0.15) is 17.2 Å². The van der Waals surface area contributed by atoms with Crippen LogP contribution in [-0.2, 0) is 6.42 Å². The van der Waals surface area contributed by atoms with E-state index in [4.69, 9.17) is 4.98 Å². The van der Waals surface area contributed by atoms with Gasteiger partial charge in [0.2, 0.25) is 0 Å². The molecule has 4 atom stereocenters. The predicted molar refractivity (Wildman–Crippen MR) is 111 cm³/mol. The van der Waals surface area contributed by atoms with Crippen LogP contribution in [-0.4, -0.2) is 38.1 Å². The Morgan fingerprint density at radius 2 is 2.06 bits per heavy atom. The Bertz CT molecular complexity index is 1220. The number of nitrogens with one attached hydrogen (secondary N) is 1. The molecule has 0 spiro atoms. The fourth-order valence-corrected chi connectivity index (χ4v) is 5.69. The molecular formula is C23H23FN6O. The lowest BCUT2D eigenvalue weighted by Crippen LogP contribution is -2.37. The average molecular weight is 418 g/mol. The fraction of sp³-hybridized carbons (Fsp3) is 0.478. The summed E-state index contributed by atoms with van der Waals surface area (Å²) in [7, 11) is 0. The standard InChI is InChI=1S/C23H23FN6O/c24-14-8-16-19(25-9-14)4-3-18(12-1-2-12)27-23(31)17-10-26-30-6-5-20(28-22(17)30)29-11-13-7-15(13)21(16)29/h5-6,8-10,12-13,15,18,21H,1-4,7,11H2,(H,27,31)/t13-,15-,18?,21-/m1/s1. The smallest absolute Gasteiger partial charge is 0.256 e. The molecule has 2 aliphatic heterocycles. The number of nitrogens with zero attached hydrogens (tertiary/aromatic N) is 5. The second-order valence-electron chi connectivity index (χ2n) is 9.51. The van der Waals surface area contributed by atoms with E-state index >= 15 is 0 Å². The molecule has 1 saturated heterocycles. The first-order valence-corrected chi connectivity index (χ1v) is 11.2. The van der Waals surface area contributed by atoms with Gasteiger partial charge in [0.15, 0.2) is 5.65 Å². The molecule has 2 saturated carbocycles. The third-order valence-corrected chi connectivity index (χ3v) is 7.53. The fourth-order valence-electron chi connectivity index (χ4n) is 5.69. The molecule has 2 bridgehead atoms. The van der Waals surface area contributed by atoms with Crippen LogP contribution >= 0.6 is 0 Å². The van der Waals surface area contributed by atoms with E-state index in [9.17, 15) is 9.18 Å². The van der Waals surface area contributed by atoms with E-state index in [-0.39, 0.29) is 23.8 Å². The zero-order chi connectivity index (χ0) is 20.7. The first-order chi connectivity index (χ1) is 15.2. The Morgan fingerprint density at radius 3 is 2.94 bits per heavy atom. The molecule has 3 fully saturated rings. The molecule has 7 nitrogen and oxygen atoms in total. The van der Waals surface area contributed by atoms with Crippen molar-refractivity contribution in [3.63, 3.8) is 0 Å². The van der Waals surface area contributed by atoms with Crippen LogP contribution in [0, 0.1) is 23.6 Å². The van der Waals surface area contributed by atoms with Gasteiger partial charge in [-0.2, -0.15) is 5.10 Å². The minimum absolute atomic E-state index is 0.0771. The van der Waals surface area contributed by atoms with Gasteiger partial charge < -0.3 is 10.2 Å². The van der Waals surface area contributed by atoms with Crippen molar-refractivity contribution in [1.29, 1.82) is 0 Å². The maximum Gasteiger partial charge on any atom is 0.256 e. The lowest BCUT2D eigenvalue weighted by molar-refractivity contribution is 0.0931. The number of halogens is 1. The van der Waals surface area contributed by atoms with Crippen molar-refractivity contribution >= 4 is 17.4 Å². The maximum atomic E-state index is 14.3. The van der Waals surface area contributed by atoms with E-state index in [1.165, 1.54) is 12.6 Å². The summed E-state index contributed by atoms with van der Waals surface area (Å²) in [5.41, 5.74) is 3.02. The molecule has 8 heteroatoms. The zero-order valence-corrected chi connectivity index (χ0v) is 17.0. The third kappa shape index (κ3) is 2.77. The van der Waals surface area contributed by atoms with Crippen LogP contribution in [0.15, 0.2) is 30.7 Å². The number of aromatic nitrogens is 4. The average Bonchev–Trinajstić information content (AvgIpc) is 3.68. The number of piperidine rings is 1. The van der Waals surface area contributed by atoms with Gasteiger partial charge in [-0.1, -0.05) is 0 Å². The molecule has 3 aromatic rings. The molecule has 2 aliphatic carbocycles. The highest BCUT2D eigenvalue weighted by Gasteiger charge is 2.54. The molecule has 1 amide bonds. The number of aryl methyl sites for hydroxylation is 1. The SMILES string of the molecule is O=C1NC(C2CC2)CCc2ncc(F)cc2[C@H]2[C@@H]3C[C@@H]3CN2c2ccn3ncc1c3n2. The predicted octanol–water partition coefficient (Wildman–Crippen LogP) is 2.92. The summed E-state index contributed by atoms with van der Waals surface area (Å²) in [5.74, 6) is 2.02. The highest BCUT2D eigenvalue weighted by Crippen LogP contribution is 2.57. The highest BCUT2D eigenvalue weighted by atomic mass is 19.1. The zero-order valence-electron chi connectivity index (χ0n) is 17.0. The maximum absolute atomic E-state index is 14.3. The quantitative estimate of drug-likeness (QED) is 0.658. The summed E-state index contributed by atoms with van der Waals surface area (Å²) in [4.78, 5) is 24.8. The van der Waals surface area contributed by atoms with Crippen LogP contribution in [0.3, 0.4) is 0 Å². The molecule has 31 heavy (non-hydrogen) atoms. The van der Waals surface area contributed by atoms with E-state index < -0.39 is 0 Å². The van der Waals surface area contributed by atoms with Crippen LogP contribution < -0.4 is 10.2 Å². The number of amides is 1. The summed E-state index contributed by atoms with van der Waals surface area (Å²) in [6.45, 7) is 0.898. The van der Waals surface area contributed by atoms with Crippen LogP contribution in [0.5, 0.6) is 0 Å². The molecule has 5 heterocycles. The van der Waals surface area contributed by atoms with Gasteiger partial charge in [-0.25, -0.2) is 13.9 Å². The van der Waals surface area contributed by atoms with E-state index in [1.807, 2.05) is 12.3 Å². The minimum atomic E-state index is -0.291. The van der Waals surface area contributed by atoms with Crippen LogP contribution in [0.2, 0.25) is 0 Å². The van der Waals surface area contributed by atoms with Crippen molar-refractivity contribution in [2.75, 3.05) is 11.4 Å². The summed E-state index contributed by atoms with van der Waals surface area (Å²) < 4.78 is 16.0. The molecule has 158 valence electrons. The van der Waals surface area contributed by atoms with Crippen molar-refractivity contribution in [3.8, 4) is 0 Å². The van der Waals surface area contributed by atoms with E-state index in [0.29, 0.717) is 29.0 Å². The monoisotopic (exact) mass is 418 g/mol. The largest absolute Gasteiger partial charge is 0.349 e. The number of carbonyl (C=O) groups is 1. The number of rotatable bonds is 1. The lowest BCUT2D eigenvalue weighted by Gasteiger charge is -2.30. The molecule has 3 aromatic heterocycles. The van der Waals surface area contributed by atoms with Crippen LogP contribution in [0.25, 0.3) is 5.65 Å². The van der Waals surface area contributed by atoms with Gasteiger partial charge in [0.25, 0.3) is 5.91 Å². The Hall–Kier alpha value is -3.03. The van der Waals surface area contributed by atoms with Crippen LogP contribution in [0.1, 0.15) is 53.3 Å². The third-order valence-electron chi connectivity index (χ3n) is 7.53. The van der Waals surface area contributed by atoms with Gasteiger partial charge in [-0.15, -0.1) is 0 Å². The van der Waals surface area contributed by atoms with Gasteiger partial charge in [0.05, 0.1) is 18.4 Å². The minimum Gasteiger partial charge on any atom is -0.349 e. The molecular weight excluding hydrogens is 395 g/mol. The molecule has 0 aromatic carbocycles. The van der Waals surface area contributed by atoms with Crippen molar-refractivity contribution in [3.05, 3.63) is 53.4 Å². The highest BCUT2D eigenvalue weighted by molar-refractivity contribution is 6.00. The molecule has 4 aliphatic rings. The molecule has 7 rings (SSSR count). The van der Waals surface area contributed by atoms with E-state index in [0.717, 1.165) is 49.3 Å². The number of anilines is 1. The topological polar surface area (TPSA) is 75.4 Å². The molecule has 0 radical (unpaired) electrons. The number of pyridine rings is 1. The number of carbonyl (C=O) groups excluding carboxylic acids is 1. The van der Waals surface area contributed by atoms with E-state index in [1.54, 1.807) is 16.8 Å². The second-order valence-corrected chi connectivity index (χ2v) is 9.51. The van der Waals surface area contributed by atoms with Gasteiger partial charge >= 0.3 is 0 Å². The van der Waals surface area contributed by atoms with Crippen molar-refractivity contribution in [2.45, 2.75) is 44.2 Å². The van der Waals surface area contributed by atoms with Gasteiger partial charge in [0, 0.05) is 24.5 Å². The normalized spacial score (nSPS) is 29.5. The van der Waals surface area contributed by atoms with Crippen LogP contribution in [0.4, 0.5) is 10.2 Å². The Kier molecular flexibility index (Phi) is 3.55. The number of fused-ring (bicyclic) bond motifs is 7. The molecule has 1 N–H and O–H groups in total. The van der Waals surface area contributed by atoms with Crippen molar-refractivity contribution < 1.29 is 9.18 Å². The second kappa shape index (κ2) is 6.24. The summed E-state index contributed by atoms with van der Waals surface area (Å²) >= 11 is 0. The number of hydrogen-bond acceptors (Lipinski definition) is 5. The van der Waals surface area contributed by atoms with E-state index in [2.05, 4.69) is 20.3 Å².